The number of rotatable bonds is 83. The third-order valence-electron chi connectivity index (χ3n) is 21.3. The monoisotopic (exact) mass is 1650 g/mol. The van der Waals surface area contributed by atoms with Gasteiger partial charge >= 0.3 is 11.9 Å². The molecule has 0 saturated carbocycles. The van der Waals surface area contributed by atoms with Crippen LogP contribution >= 0.6 is 0 Å². The van der Waals surface area contributed by atoms with E-state index < -0.39 is 51.7 Å². The summed E-state index contributed by atoms with van der Waals surface area (Å²) in [6, 6.07) is 0. The zero-order valence-electron chi connectivity index (χ0n) is 75.3. The number of hydrogen-bond donors (Lipinski definition) is 13. The molecule has 4 atom stereocenters. The Hall–Kier alpha value is -6.06. The number of ketones is 3. The molecule has 0 aromatic carbocycles. The fourth-order valence-corrected chi connectivity index (χ4v) is 13.9. The minimum atomic E-state index is -1.35. The molecular formula is C92H171N13O12. The first-order valence-corrected chi connectivity index (χ1v) is 45.9. The van der Waals surface area contributed by atoms with Crippen LogP contribution < -0.4 is 70.0 Å². The lowest BCUT2D eigenvalue weighted by Crippen LogP contribution is -2.44. The molecule has 0 saturated heterocycles. The van der Waals surface area contributed by atoms with Gasteiger partial charge in [-0.2, -0.15) is 0 Å². The van der Waals surface area contributed by atoms with Gasteiger partial charge in [-0.25, -0.2) is 0 Å². The van der Waals surface area contributed by atoms with Crippen LogP contribution in [-0.4, -0.2) is 196 Å². The summed E-state index contributed by atoms with van der Waals surface area (Å²) in [6.45, 7) is 27.8. The lowest BCUT2D eigenvalue weighted by Gasteiger charge is -2.35. The molecule has 676 valence electrons. The van der Waals surface area contributed by atoms with Crippen molar-refractivity contribution in [3.05, 3.63) is 48.6 Å². The van der Waals surface area contributed by atoms with Crippen molar-refractivity contribution >= 4 is 58.8 Å². The summed E-state index contributed by atoms with van der Waals surface area (Å²) in [5, 5.41) is 34.1. The summed E-state index contributed by atoms with van der Waals surface area (Å²) in [4.78, 5) is 139. The zero-order chi connectivity index (χ0) is 86.7. The van der Waals surface area contributed by atoms with Gasteiger partial charge in [0.05, 0.1) is 26.1 Å². The van der Waals surface area contributed by atoms with E-state index in [2.05, 4.69) is 121 Å². The maximum Gasteiger partial charge on any atom is 0.307 e. The van der Waals surface area contributed by atoms with Crippen LogP contribution in [0.2, 0.25) is 0 Å². The highest BCUT2D eigenvalue weighted by Crippen LogP contribution is 2.40. The molecule has 25 heteroatoms. The first-order chi connectivity index (χ1) is 56.3. The van der Waals surface area contributed by atoms with Crippen LogP contribution in [0.1, 0.15) is 300 Å². The van der Waals surface area contributed by atoms with Crippen molar-refractivity contribution < 1.29 is 57.4 Å². The number of carbonyl (C=O) groups is 10. The second kappa shape index (κ2) is 75.0. The van der Waals surface area contributed by atoms with E-state index >= 15 is 4.79 Å². The molecule has 4 unspecified atom stereocenters. The van der Waals surface area contributed by atoms with Gasteiger partial charge in [0.2, 0.25) is 29.5 Å². The van der Waals surface area contributed by atoms with Crippen molar-refractivity contribution in [2.45, 2.75) is 300 Å². The number of ether oxygens (including phenoxy) is 2. The summed E-state index contributed by atoms with van der Waals surface area (Å²) in [6.07, 6.45) is 47.2. The highest BCUT2D eigenvalue weighted by Gasteiger charge is 2.44. The third kappa shape index (κ3) is 63.6. The Kier molecular flexibility index (Phi) is 71.1. The van der Waals surface area contributed by atoms with Crippen LogP contribution in [0.4, 0.5) is 0 Å². The zero-order valence-corrected chi connectivity index (χ0v) is 75.3. The molecule has 5 amide bonds. The number of carbonyl (C=O) groups excluding carboxylic acids is 10. The Balaban J connectivity index is 5.99. The fourth-order valence-electron chi connectivity index (χ4n) is 13.9. The van der Waals surface area contributed by atoms with Gasteiger partial charge in [0.1, 0.15) is 17.3 Å². The molecule has 0 aliphatic heterocycles. The maximum atomic E-state index is 15.5. The van der Waals surface area contributed by atoms with E-state index in [0.29, 0.717) is 131 Å². The van der Waals surface area contributed by atoms with Crippen molar-refractivity contribution in [2.75, 3.05) is 138 Å². The van der Waals surface area contributed by atoms with E-state index in [4.69, 9.17) is 20.9 Å². The summed E-state index contributed by atoms with van der Waals surface area (Å²) in [5.74, 6) is -6.96. The highest BCUT2D eigenvalue weighted by molar-refractivity contribution is 5.95. The van der Waals surface area contributed by atoms with E-state index in [9.17, 15) is 43.2 Å². The van der Waals surface area contributed by atoms with Gasteiger partial charge in [-0.15, -0.1) is 0 Å². The minimum Gasteiger partial charge on any atom is -0.466 e. The van der Waals surface area contributed by atoms with Crippen molar-refractivity contribution in [3.8, 4) is 0 Å². The van der Waals surface area contributed by atoms with Gasteiger partial charge < -0.3 is 79.4 Å². The molecule has 117 heavy (non-hydrogen) atoms. The van der Waals surface area contributed by atoms with Gasteiger partial charge in [-0.3, -0.25) is 47.9 Å². The molecule has 0 rings (SSSR count). The quantitative estimate of drug-likeness (QED) is 0.0153. The second-order valence-electron chi connectivity index (χ2n) is 33.6. The van der Waals surface area contributed by atoms with Crippen LogP contribution in [-0.2, 0) is 57.4 Å². The molecule has 0 aromatic heterocycles. The molecule has 0 heterocycles. The second-order valence-corrected chi connectivity index (χ2v) is 33.6. The van der Waals surface area contributed by atoms with Crippen LogP contribution in [0.5, 0.6) is 0 Å². The standard InChI is InChI=1S/C92H171N13O12/c1-11-15-18-20-22-24-26-28-30-32-34-36-38-40-42-44-67-116-84(110)46-51-95-55-57-99-60-64-101-82(108)71-77(86(112)92(9,10)75-78(88(114)105-65-61-98-54-49-94)70-81(107)91(7,8)74-79(89(115)103-50-17-13-3)72-83(109)102-63-59-97-53-48-93)73-90(5,6)80(106)69-76(14-4)87(113)104-66-62-100-58-56-96-52-47-85(111)117-68-45-43-41-39-37-35-33-31-29-27-25-23-21-19-16-12-2/h22-25,28-31,76-79,95-100H,11-21,26-27,32-75,93-94H2,1-10H3,(H,101,108)(H,102,109)(H,103,115)(H,104,113)(H,105,114)/b24-22-,25-23-,30-28-,31-29-. The molecule has 0 aliphatic rings. The number of hydrogen-bond acceptors (Lipinski definition) is 20. The third-order valence-corrected chi connectivity index (χ3v) is 21.3. The molecule has 0 bridgehead atoms. The summed E-state index contributed by atoms with van der Waals surface area (Å²) >= 11 is 0. The Bertz CT molecular complexity index is 2740. The van der Waals surface area contributed by atoms with Crippen LogP contribution in [0, 0.1) is 39.9 Å². The number of Topliss-reactive ketones (excluding diaryl/α,β-unsaturated/α-hetero) is 3. The molecule has 15 N–H and O–H groups in total. The van der Waals surface area contributed by atoms with Gasteiger partial charge in [0, 0.05) is 190 Å². The van der Waals surface area contributed by atoms with Crippen LogP contribution in [0.25, 0.3) is 0 Å². The van der Waals surface area contributed by atoms with Crippen LogP contribution in [0.15, 0.2) is 48.6 Å². The van der Waals surface area contributed by atoms with Gasteiger partial charge in [-0.05, 0) is 109 Å². The number of allylic oxidation sites excluding steroid dienone is 8. The van der Waals surface area contributed by atoms with Gasteiger partial charge in [0.25, 0.3) is 0 Å². The largest absolute Gasteiger partial charge is 0.466 e. The Labute approximate surface area is 709 Å². The maximum absolute atomic E-state index is 15.5. The summed E-state index contributed by atoms with van der Waals surface area (Å²) in [5.41, 5.74) is 7.54. The molecule has 0 spiro atoms. The predicted molar refractivity (Wildman–Crippen MR) is 478 cm³/mol. The highest BCUT2D eigenvalue weighted by atomic mass is 16.5. The van der Waals surface area contributed by atoms with Crippen molar-refractivity contribution in [1.29, 1.82) is 0 Å². The Morgan fingerprint density at radius 3 is 1.02 bits per heavy atom. The average molecular weight is 1650 g/mol. The lowest BCUT2D eigenvalue weighted by atomic mass is 9.67. The molecular weight excluding hydrogens is 1480 g/mol. The SMILES string of the molecule is CCCCC/C=C\C/C=C\CCCCCCCCOC(=O)CCNCCNCCNC(=O)CC(CC(C)(C)C(=O)CC(CC)C(=O)NCCNCCNCCC(=O)OCCCCCCCC/C=C\C/C=C\CCCCC)C(=O)C(C)(C)CC(CC(=O)C(C)(C)CC(CC(=O)NCCNCCN)C(=O)NCCCC)C(=O)NCCNCCN. The molecule has 0 radical (unpaired) electrons. The van der Waals surface area contributed by atoms with E-state index in [1.54, 1.807) is 41.5 Å². The van der Waals surface area contributed by atoms with Crippen molar-refractivity contribution in [2.24, 2.45) is 51.4 Å². The van der Waals surface area contributed by atoms with Gasteiger partial charge in [0.15, 0.2) is 0 Å². The molecule has 0 aliphatic carbocycles. The fraction of sp³-hybridized carbons (Fsp3) is 0.804. The van der Waals surface area contributed by atoms with Crippen molar-refractivity contribution in [1.82, 2.24) is 58.5 Å². The van der Waals surface area contributed by atoms with E-state index in [-0.39, 0.29) is 118 Å². The number of esters is 2. The smallest absolute Gasteiger partial charge is 0.307 e. The summed E-state index contributed by atoms with van der Waals surface area (Å²) < 4.78 is 10.9. The van der Waals surface area contributed by atoms with Gasteiger partial charge in [-0.1, -0.05) is 201 Å². The number of unbranched alkanes of at least 4 members (excludes halogenated alkanes) is 19. The molecule has 25 nitrogen and oxygen atoms in total. The first-order valence-electron chi connectivity index (χ1n) is 45.9. The Morgan fingerprint density at radius 1 is 0.308 bits per heavy atom. The predicted octanol–water partition coefficient (Wildman–Crippen LogP) is 11.7. The normalized spacial score (nSPS) is 13.1. The lowest BCUT2D eigenvalue weighted by molar-refractivity contribution is -0.144. The van der Waals surface area contributed by atoms with Crippen molar-refractivity contribution in [3.63, 3.8) is 0 Å². The topological polar surface area (TPSA) is 374 Å². The summed E-state index contributed by atoms with van der Waals surface area (Å²) in [7, 11) is 0. The average Bonchev–Trinajstić information content (AvgIpc) is 0.805. The number of nitrogens with two attached hydrogens (primary N) is 2. The number of nitrogens with one attached hydrogen (secondary N) is 11. The van der Waals surface area contributed by atoms with E-state index in [1.165, 1.54) is 89.9 Å². The molecule has 0 aromatic rings. The van der Waals surface area contributed by atoms with E-state index in [0.717, 1.165) is 77.0 Å². The molecule has 0 fully saturated rings. The first kappa shape index (κ1) is 111. The number of amides is 5. The van der Waals surface area contributed by atoms with Crippen LogP contribution in [0.3, 0.4) is 0 Å². The minimum absolute atomic E-state index is 0.00130. The van der Waals surface area contributed by atoms with E-state index in [1.807, 2.05) is 13.8 Å². The Morgan fingerprint density at radius 2 is 0.615 bits per heavy atom.